The summed E-state index contributed by atoms with van der Waals surface area (Å²) in [7, 11) is 0. The largest absolute Gasteiger partial charge is 0.381 e. The van der Waals surface area contributed by atoms with Gasteiger partial charge in [0, 0.05) is 12.4 Å². The fourth-order valence-corrected chi connectivity index (χ4v) is 1.77. The van der Waals surface area contributed by atoms with Gasteiger partial charge in [-0.25, -0.2) is 0 Å². The second kappa shape index (κ2) is 5.04. The van der Waals surface area contributed by atoms with Crippen LogP contribution in [0.15, 0.2) is 17.2 Å². The Labute approximate surface area is 91.0 Å². The van der Waals surface area contributed by atoms with Gasteiger partial charge in [-0.1, -0.05) is 0 Å². The Morgan fingerprint density at radius 2 is 2.40 bits per heavy atom. The highest BCUT2D eigenvalue weighted by Crippen LogP contribution is 2.13. The van der Waals surface area contributed by atoms with E-state index >= 15 is 0 Å². The maximum Gasteiger partial charge on any atom is 0.200 e. The SMILES string of the molecule is CCOCCSc1ccc2nnnn2n1. The van der Waals surface area contributed by atoms with Gasteiger partial charge in [0.15, 0.2) is 5.65 Å². The standard InChI is InChI=1S/C8H11N5OS/c1-2-14-5-6-15-8-4-3-7-9-11-12-13(7)10-8/h3-4H,2,5-6H2,1H3. The molecule has 2 aromatic heterocycles. The monoisotopic (exact) mass is 225 g/mol. The van der Waals surface area contributed by atoms with Crippen LogP contribution in [0.1, 0.15) is 6.92 Å². The van der Waals surface area contributed by atoms with Crippen molar-refractivity contribution in [2.24, 2.45) is 0 Å². The highest BCUT2D eigenvalue weighted by Gasteiger charge is 2.00. The van der Waals surface area contributed by atoms with Crippen LogP contribution >= 0.6 is 11.8 Å². The number of ether oxygens (including phenoxy) is 1. The normalized spacial score (nSPS) is 11.0. The minimum atomic E-state index is 0.657. The van der Waals surface area contributed by atoms with Crippen LogP contribution in [0, 0.1) is 0 Å². The van der Waals surface area contributed by atoms with Crippen LogP contribution in [0.2, 0.25) is 0 Å². The Hall–Kier alpha value is -1.21. The van der Waals surface area contributed by atoms with E-state index in [4.69, 9.17) is 4.74 Å². The summed E-state index contributed by atoms with van der Waals surface area (Å²) in [4.78, 5) is 0. The Morgan fingerprint density at radius 1 is 1.47 bits per heavy atom. The van der Waals surface area contributed by atoms with E-state index in [-0.39, 0.29) is 0 Å². The summed E-state index contributed by atoms with van der Waals surface area (Å²) >= 11 is 1.63. The fraction of sp³-hybridized carbons (Fsp3) is 0.500. The van der Waals surface area contributed by atoms with Crippen molar-refractivity contribution in [3.8, 4) is 0 Å². The minimum absolute atomic E-state index is 0.657. The van der Waals surface area contributed by atoms with Gasteiger partial charge in [-0.05, 0) is 29.5 Å². The molecule has 0 saturated carbocycles. The van der Waals surface area contributed by atoms with E-state index in [1.165, 1.54) is 4.63 Å². The number of aromatic nitrogens is 5. The lowest BCUT2D eigenvalue weighted by molar-refractivity contribution is 0.164. The predicted molar refractivity (Wildman–Crippen MR) is 55.8 cm³/mol. The van der Waals surface area contributed by atoms with Crippen molar-refractivity contribution in [1.29, 1.82) is 0 Å². The first-order valence-electron chi connectivity index (χ1n) is 4.66. The zero-order valence-electron chi connectivity index (χ0n) is 8.33. The van der Waals surface area contributed by atoms with Gasteiger partial charge in [-0.15, -0.1) is 26.6 Å². The third-order valence-corrected chi connectivity index (χ3v) is 2.61. The maximum atomic E-state index is 5.23. The van der Waals surface area contributed by atoms with E-state index in [0.717, 1.165) is 24.0 Å². The number of nitrogens with zero attached hydrogens (tertiary/aromatic N) is 5. The molecule has 0 bridgehead atoms. The molecule has 0 amide bonds. The van der Waals surface area contributed by atoms with E-state index in [2.05, 4.69) is 20.6 Å². The third-order valence-electron chi connectivity index (χ3n) is 1.73. The van der Waals surface area contributed by atoms with Gasteiger partial charge in [-0.2, -0.15) is 0 Å². The van der Waals surface area contributed by atoms with Crippen LogP contribution in [0.25, 0.3) is 5.65 Å². The highest BCUT2D eigenvalue weighted by atomic mass is 32.2. The lowest BCUT2D eigenvalue weighted by Crippen LogP contribution is -1.99. The summed E-state index contributed by atoms with van der Waals surface area (Å²) in [5.41, 5.74) is 0.657. The lowest BCUT2D eigenvalue weighted by atomic mass is 10.6. The van der Waals surface area contributed by atoms with E-state index in [9.17, 15) is 0 Å². The Morgan fingerprint density at radius 3 is 3.27 bits per heavy atom. The molecule has 2 rings (SSSR count). The molecule has 15 heavy (non-hydrogen) atoms. The van der Waals surface area contributed by atoms with Crippen LogP contribution < -0.4 is 0 Å². The molecule has 2 aromatic rings. The zero-order chi connectivity index (χ0) is 10.5. The first-order chi connectivity index (χ1) is 7.40. The van der Waals surface area contributed by atoms with Crippen LogP contribution in [0.3, 0.4) is 0 Å². The fourth-order valence-electron chi connectivity index (χ4n) is 1.06. The Bertz CT molecular complexity index is 432. The van der Waals surface area contributed by atoms with Crippen molar-refractivity contribution in [2.75, 3.05) is 19.0 Å². The Kier molecular flexibility index (Phi) is 3.46. The molecule has 0 aliphatic heterocycles. The second-order valence-electron chi connectivity index (χ2n) is 2.74. The molecule has 0 radical (unpaired) electrons. The molecule has 0 aromatic carbocycles. The van der Waals surface area contributed by atoms with Crippen molar-refractivity contribution in [2.45, 2.75) is 11.9 Å². The van der Waals surface area contributed by atoms with Crippen LogP contribution in [-0.2, 0) is 4.74 Å². The third kappa shape index (κ3) is 2.63. The number of rotatable bonds is 5. The summed E-state index contributed by atoms with van der Waals surface area (Å²) in [6.45, 7) is 3.46. The highest BCUT2D eigenvalue weighted by molar-refractivity contribution is 7.99. The molecule has 0 fully saturated rings. The van der Waals surface area contributed by atoms with E-state index < -0.39 is 0 Å². The van der Waals surface area contributed by atoms with E-state index in [1.54, 1.807) is 11.8 Å². The average Bonchev–Trinajstić information content (AvgIpc) is 2.71. The number of hydrogen-bond acceptors (Lipinski definition) is 6. The summed E-state index contributed by atoms with van der Waals surface area (Å²) in [6, 6.07) is 3.75. The number of hydrogen-bond donors (Lipinski definition) is 0. The van der Waals surface area contributed by atoms with Gasteiger partial charge in [0.1, 0.15) is 5.03 Å². The van der Waals surface area contributed by atoms with Crippen LogP contribution in [0.5, 0.6) is 0 Å². The van der Waals surface area contributed by atoms with Gasteiger partial charge in [0.05, 0.1) is 6.61 Å². The smallest absolute Gasteiger partial charge is 0.200 e. The molecule has 80 valence electrons. The first kappa shape index (κ1) is 10.3. The van der Waals surface area contributed by atoms with E-state index in [1.807, 2.05) is 19.1 Å². The molecule has 0 aliphatic rings. The molecule has 0 atom stereocenters. The maximum absolute atomic E-state index is 5.23. The van der Waals surface area contributed by atoms with Crippen LogP contribution in [0.4, 0.5) is 0 Å². The average molecular weight is 225 g/mol. The van der Waals surface area contributed by atoms with Gasteiger partial charge in [0.25, 0.3) is 0 Å². The summed E-state index contributed by atoms with van der Waals surface area (Å²) in [5.74, 6) is 0.883. The molecule has 0 aliphatic carbocycles. The van der Waals surface area contributed by atoms with Crippen molar-refractivity contribution < 1.29 is 4.74 Å². The zero-order valence-corrected chi connectivity index (χ0v) is 9.15. The number of thioether (sulfide) groups is 1. The van der Waals surface area contributed by atoms with Gasteiger partial charge < -0.3 is 4.74 Å². The van der Waals surface area contributed by atoms with Crippen molar-refractivity contribution in [1.82, 2.24) is 25.3 Å². The summed E-state index contributed by atoms with van der Waals surface area (Å²) < 4.78 is 6.65. The van der Waals surface area contributed by atoms with Crippen molar-refractivity contribution in [3.05, 3.63) is 12.1 Å². The van der Waals surface area contributed by atoms with Gasteiger partial charge >= 0.3 is 0 Å². The van der Waals surface area contributed by atoms with Crippen LogP contribution in [-0.4, -0.2) is 44.2 Å². The van der Waals surface area contributed by atoms with E-state index in [0.29, 0.717) is 5.65 Å². The Balaban J connectivity index is 1.96. The summed E-state index contributed by atoms with van der Waals surface area (Å²) in [5, 5.41) is 16.1. The quantitative estimate of drug-likeness (QED) is 0.550. The molecular weight excluding hydrogens is 214 g/mol. The minimum Gasteiger partial charge on any atom is -0.381 e. The van der Waals surface area contributed by atoms with Gasteiger partial charge in [-0.3, -0.25) is 0 Å². The number of fused-ring (bicyclic) bond motifs is 1. The molecule has 0 spiro atoms. The number of tetrazole rings is 1. The first-order valence-corrected chi connectivity index (χ1v) is 5.64. The topological polar surface area (TPSA) is 65.2 Å². The molecule has 0 saturated heterocycles. The van der Waals surface area contributed by atoms with Gasteiger partial charge in [0.2, 0.25) is 0 Å². The molecule has 2 heterocycles. The predicted octanol–water partition coefficient (Wildman–Crippen LogP) is 0.648. The van der Waals surface area contributed by atoms with Crippen molar-refractivity contribution >= 4 is 17.4 Å². The lowest BCUT2D eigenvalue weighted by Gasteiger charge is -2.00. The van der Waals surface area contributed by atoms with Crippen molar-refractivity contribution in [3.63, 3.8) is 0 Å². The molecule has 7 heteroatoms. The molecule has 0 N–H and O–H groups in total. The molecule has 0 unspecified atom stereocenters. The molecular formula is C8H11N5OS. The molecule has 6 nitrogen and oxygen atoms in total. The second-order valence-corrected chi connectivity index (χ2v) is 3.86. The summed E-state index contributed by atoms with van der Waals surface area (Å²) in [6.07, 6.45) is 0.